The summed E-state index contributed by atoms with van der Waals surface area (Å²) in [7, 11) is 0. The molecule has 2 atom stereocenters. The number of piperidine rings is 1. The van der Waals surface area contributed by atoms with Crippen LogP contribution in [0.15, 0.2) is 30.3 Å². The van der Waals surface area contributed by atoms with Gasteiger partial charge in [-0.05, 0) is 56.3 Å². The molecule has 0 amide bonds. The Morgan fingerprint density at radius 2 is 1.71 bits per heavy atom. The largest absolute Gasteiger partial charge is 0.300 e. The Bertz CT molecular complexity index is 563. The van der Waals surface area contributed by atoms with E-state index in [1.165, 1.54) is 68.1 Å². The average Bonchev–Trinajstić information content (AvgIpc) is 2.99. The lowest BCUT2D eigenvalue weighted by molar-refractivity contribution is 0.114. The number of rotatable bonds is 2. The molecule has 0 N–H and O–H groups in total. The second-order valence-electron chi connectivity index (χ2n) is 6.74. The third-order valence-corrected chi connectivity index (χ3v) is 6.65. The number of thiophene rings is 1. The van der Waals surface area contributed by atoms with Gasteiger partial charge >= 0.3 is 0 Å². The monoisotopic (exact) mass is 299 g/mol. The van der Waals surface area contributed by atoms with Gasteiger partial charge in [-0.25, -0.2) is 0 Å². The van der Waals surface area contributed by atoms with Crippen LogP contribution in [-0.2, 0) is 0 Å². The van der Waals surface area contributed by atoms with Gasteiger partial charge in [0.2, 0.25) is 0 Å². The van der Waals surface area contributed by atoms with Crippen LogP contribution in [0.4, 0.5) is 0 Å². The molecule has 2 aromatic rings. The summed E-state index contributed by atoms with van der Waals surface area (Å²) < 4.78 is 1.47. The molecule has 1 saturated carbocycles. The lowest BCUT2D eigenvalue weighted by Crippen LogP contribution is -2.43. The van der Waals surface area contributed by atoms with Gasteiger partial charge in [0.1, 0.15) is 0 Å². The highest BCUT2D eigenvalue weighted by atomic mass is 32.1. The van der Waals surface area contributed by atoms with Crippen molar-refractivity contribution in [3.8, 4) is 0 Å². The quantitative estimate of drug-likeness (QED) is 0.716. The van der Waals surface area contributed by atoms with Crippen molar-refractivity contribution in [2.45, 2.75) is 56.9 Å². The van der Waals surface area contributed by atoms with Gasteiger partial charge in [-0.1, -0.05) is 37.5 Å². The first-order valence-corrected chi connectivity index (χ1v) is 9.46. The summed E-state index contributed by atoms with van der Waals surface area (Å²) in [6, 6.07) is 12.2. The predicted molar refractivity (Wildman–Crippen MR) is 92.2 cm³/mol. The molecule has 21 heavy (non-hydrogen) atoms. The maximum absolute atomic E-state index is 2.82. The SMILES string of the molecule is c1ccc2sc(C3CCCCC3N3CCCCC3)cc2c1. The van der Waals surface area contributed by atoms with Crippen LogP contribution >= 0.6 is 11.3 Å². The van der Waals surface area contributed by atoms with E-state index >= 15 is 0 Å². The van der Waals surface area contributed by atoms with Gasteiger partial charge in [-0.3, -0.25) is 4.90 Å². The molecule has 1 aromatic carbocycles. The van der Waals surface area contributed by atoms with Crippen molar-refractivity contribution < 1.29 is 0 Å². The maximum Gasteiger partial charge on any atom is 0.0345 e. The summed E-state index contributed by atoms with van der Waals surface area (Å²) in [5.41, 5.74) is 0. The normalized spacial score (nSPS) is 28.0. The molecule has 2 aliphatic rings. The summed E-state index contributed by atoms with van der Waals surface area (Å²) in [5, 5.41) is 1.44. The molecule has 1 saturated heterocycles. The Kier molecular flexibility index (Phi) is 4.00. The van der Waals surface area contributed by atoms with Crippen LogP contribution in [0.2, 0.25) is 0 Å². The molecule has 1 aliphatic heterocycles. The van der Waals surface area contributed by atoms with E-state index in [0.29, 0.717) is 0 Å². The van der Waals surface area contributed by atoms with Crippen LogP contribution in [0.5, 0.6) is 0 Å². The van der Waals surface area contributed by atoms with Gasteiger partial charge < -0.3 is 0 Å². The lowest BCUT2D eigenvalue weighted by atomic mass is 9.81. The summed E-state index contributed by atoms with van der Waals surface area (Å²) in [4.78, 5) is 4.46. The zero-order chi connectivity index (χ0) is 14.1. The van der Waals surface area contributed by atoms with E-state index in [-0.39, 0.29) is 0 Å². The van der Waals surface area contributed by atoms with E-state index in [1.54, 1.807) is 4.88 Å². The molecular formula is C19H25NS. The molecule has 112 valence electrons. The third kappa shape index (κ3) is 2.76. The van der Waals surface area contributed by atoms with Gasteiger partial charge in [0, 0.05) is 21.5 Å². The summed E-state index contributed by atoms with van der Waals surface area (Å²) in [5.74, 6) is 0.786. The molecule has 1 nitrogen and oxygen atoms in total. The van der Waals surface area contributed by atoms with Crippen LogP contribution in [0.25, 0.3) is 10.1 Å². The number of nitrogens with zero attached hydrogens (tertiary/aromatic N) is 1. The minimum atomic E-state index is 0.786. The first kappa shape index (κ1) is 13.8. The average molecular weight is 299 g/mol. The number of hydrogen-bond donors (Lipinski definition) is 0. The standard InChI is InChI=1S/C19H25NS/c1-6-12-20(13-7-1)17-10-4-3-9-16(17)19-14-15-8-2-5-11-18(15)21-19/h2,5,8,11,14,16-17H,1,3-4,6-7,9-10,12-13H2. The number of fused-ring (bicyclic) bond motifs is 1. The highest BCUT2D eigenvalue weighted by Crippen LogP contribution is 2.41. The van der Waals surface area contributed by atoms with Crippen molar-refractivity contribution in [3.63, 3.8) is 0 Å². The summed E-state index contributed by atoms with van der Waals surface area (Å²) in [6.45, 7) is 2.68. The van der Waals surface area contributed by atoms with Crippen LogP contribution in [0.3, 0.4) is 0 Å². The van der Waals surface area contributed by atoms with E-state index in [9.17, 15) is 0 Å². The van der Waals surface area contributed by atoms with Gasteiger partial charge in [-0.2, -0.15) is 0 Å². The molecule has 1 aliphatic carbocycles. The van der Waals surface area contributed by atoms with Gasteiger partial charge in [-0.15, -0.1) is 11.3 Å². The minimum absolute atomic E-state index is 0.786. The lowest BCUT2D eigenvalue weighted by Gasteiger charge is -2.41. The first-order valence-electron chi connectivity index (χ1n) is 8.64. The molecule has 2 heterocycles. The fourth-order valence-corrected chi connectivity index (χ4v) is 5.57. The molecule has 0 spiro atoms. The number of hydrogen-bond acceptors (Lipinski definition) is 2. The van der Waals surface area contributed by atoms with Crippen LogP contribution in [0.1, 0.15) is 55.7 Å². The molecule has 0 bridgehead atoms. The smallest absolute Gasteiger partial charge is 0.0345 e. The molecule has 0 radical (unpaired) electrons. The third-order valence-electron chi connectivity index (χ3n) is 5.40. The van der Waals surface area contributed by atoms with Crippen molar-refractivity contribution in [1.29, 1.82) is 0 Å². The zero-order valence-corrected chi connectivity index (χ0v) is 13.6. The van der Waals surface area contributed by atoms with E-state index in [2.05, 4.69) is 35.2 Å². The highest BCUT2D eigenvalue weighted by molar-refractivity contribution is 7.19. The topological polar surface area (TPSA) is 3.24 Å². The van der Waals surface area contributed by atoms with E-state index in [4.69, 9.17) is 0 Å². The van der Waals surface area contributed by atoms with Gasteiger partial charge in [0.25, 0.3) is 0 Å². The summed E-state index contributed by atoms with van der Waals surface area (Å²) in [6.07, 6.45) is 9.93. The predicted octanol–water partition coefficient (Wildman–Crippen LogP) is 5.41. The number of benzene rings is 1. The molecule has 1 aromatic heterocycles. The Hall–Kier alpha value is -0.860. The van der Waals surface area contributed by atoms with Crippen LogP contribution in [0, 0.1) is 0 Å². The van der Waals surface area contributed by atoms with Crippen LogP contribution < -0.4 is 0 Å². The fraction of sp³-hybridized carbons (Fsp3) is 0.579. The molecule has 2 fully saturated rings. The molecule has 4 rings (SSSR count). The fourth-order valence-electron chi connectivity index (χ4n) is 4.32. The van der Waals surface area contributed by atoms with Crippen molar-refractivity contribution in [1.82, 2.24) is 4.90 Å². The molecular weight excluding hydrogens is 274 g/mol. The second-order valence-corrected chi connectivity index (χ2v) is 7.86. The second kappa shape index (κ2) is 6.10. The summed E-state index contributed by atoms with van der Waals surface area (Å²) >= 11 is 2.04. The van der Waals surface area contributed by atoms with Crippen molar-refractivity contribution in [2.24, 2.45) is 0 Å². The van der Waals surface area contributed by atoms with Gasteiger partial charge in [0.05, 0.1) is 0 Å². The van der Waals surface area contributed by atoms with Crippen molar-refractivity contribution in [2.75, 3.05) is 13.1 Å². The van der Waals surface area contributed by atoms with E-state index < -0.39 is 0 Å². The molecule has 2 heteroatoms. The Labute approximate surface area is 132 Å². The van der Waals surface area contributed by atoms with Crippen LogP contribution in [-0.4, -0.2) is 24.0 Å². The Morgan fingerprint density at radius 3 is 2.57 bits per heavy atom. The first-order chi connectivity index (χ1) is 10.4. The van der Waals surface area contributed by atoms with Crippen molar-refractivity contribution in [3.05, 3.63) is 35.2 Å². The Morgan fingerprint density at radius 1 is 0.905 bits per heavy atom. The zero-order valence-electron chi connectivity index (χ0n) is 12.8. The van der Waals surface area contributed by atoms with Gasteiger partial charge in [0.15, 0.2) is 0 Å². The van der Waals surface area contributed by atoms with E-state index in [0.717, 1.165) is 12.0 Å². The van der Waals surface area contributed by atoms with E-state index in [1.807, 2.05) is 11.3 Å². The Balaban J connectivity index is 1.63. The maximum atomic E-state index is 2.82. The molecule has 2 unspecified atom stereocenters. The minimum Gasteiger partial charge on any atom is -0.300 e. The van der Waals surface area contributed by atoms with Crippen molar-refractivity contribution >= 4 is 21.4 Å². The highest BCUT2D eigenvalue weighted by Gasteiger charge is 2.32. The number of likely N-dealkylation sites (tertiary alicyclic amines) is 1.